The predicted molar refractivity (Wildman–Crippen MR) is 183 cm³/mol. The molecule has 0 saturated heterocycles. The third-order valence-corrected chi connectivity index (χ3v) is 10.3. The van der Waals surface area contributed by atoms with E-state index in [2.05, 4.69) is 66.1 Å². The molecule has 0 spiro atoms. The van der Waals surface area contributed by atoms with Crippen LogP contribution in [-0.2, 0) is 19.5 Å². The number of aromatic nitrogens is 8. The minimum atomic E-state index is -0.163. The van der Waals surface area contributed by atoms with Gasteiger partial charge in [0.1, 0.15) is 11.5 Å². The lowest BCUT2D eigenvalue weighted by Gasteiger charge is -2.31. The van der Waals surface area contributed by atoms with Gasteiger partial charge in [-0.15, -0.1) is 10.2 Å². The van der Waals surface area contributed by atoms with Crippen molar-refractivity contribution in [1.82, 2.24) is 40.4 Å². The number of carbonyl (C=O) groups excluding carboxylic acids is 1. The van der Waals surface area contributed by atoms with E-state index in [0.717, 1.165) is 83.1 Å². The van der Waals surface area contributed by atoms with Gasteiger partial charge in [0.05, 0.1) is 16.4 Å². The Bertz CT molecular complexity index is 2070. The highest BCUT2D eigenvalue weighted by atomic mass is 32.1. The van der Waals surface area contributed by atoms with Crippen molar-refractivity contribution in [2.24, 2.45) is 5.92 Å². The van der Waals surface area contributed by atoms with Gasteiger partial charge in [0.25, 0.3) is 5.91 Å². The lowest BCUT2D eigenvalue weighted by atomic mass is 9.78. The average molecular weight is 643 g/mol. The molecular formula is C35H34N10OS. The van der Waals surface area contributed by atoms with Crippen LogP contribution < -0.4 is 10.2 Å². The number of rotatable bonds is 9. The molecular weight excluding hydrogens is 609 g/mol. The van der Waals surface area contributed by atoms with Gasteiger partial charge in [-0.1, -0.05) is 47.8 Å². The molecule has 1 aliphatic heterocycles. The Labute approximate surface area is 275 Å². The van der Waals surface area contributed by atoms with E-state index in [1.54, 1.807) is 0 Å². The second-order valence-electron chi connectivity index (χ2n) is 12.4. The molecule has 2 aliphatic rings. The van der Waals surface area contributed by atoms with Crippen molar-refractivity contribution in [3.63, 3.8) is 0 Å². The first-order valence-electron chi connectivity index (χ1n) is 16.0. The molecule has 1 amide bonds. The number of para-hydroxylation sites is 1. The van der Waals surface area contributed by atoms with E-state index in [4.69, 9.17) is 10.1 Å². The molecule has 1 aliphatic carbocycles. The Hall–Kier alpha value is -5.23. The number of anilines is 2. The van der Waals surface area contributed by atoms with Crippen LogP contribution in [0.5, 0.6) is 0 Å². The minimum Gasteiger partial charge on any atom is -0.352 e. The Morgan fingerprint density at radius 1 is 1.09 bits per heavy atom. The number of tetrazole rings is 1. The number of H-pyrrole nitrogens is 1. The third kappa shape index (κ3) is 5.69. The summed E-state index contributed by atoms with van der Waals surface area (Å²) in [6.45, 7) is 8.36. The molecule has 0 atom stereocenters. The number of aryl methyl sites for hydroxylation is 1. The fraction of sp³-hybridized carbons (Fsp3) is 0.286. The van der Waals surface area contributed by atoms with Crippen LogP contribution in [0.4, 0.5) is 10.9 Å². The zero-order chi connectivity index (χ0) is 31.9. The number of aromatic amines is 1. The standard InChI is InChI=1S/C35H34N10OS/c1-21-17-23(18-21)7-6-15-45-22(2)27(19-36-45)25-12-13-31(38-32(25)33-40-42-43-41-33)44-16-14-24-8-5-9-26(28(24)20-44)34(46)39-35-37-29-10-3-4-11-30(29)47-35/h3-5,8-13,19,23H,1,6-7,14-18,20H2,2H3,(H,37,39,46)(H,40,41,42,43). The maximum Gasteiger partial charge on any atom is 0.257 e. The van der Waals surface area contributed by atoms with Crippen LogP contribution in [0.2, 0.25) is 0 Å². The van der Waals surface area contributed by atoms with Gasteiger partial charge in [-0.2, -0.15) is 10.3 Å². The summed E-state index contributed by atoms with van der Waals surface area (Å²) in [4.78, 5) is 25.5. The number of allylic oxidation sites excluding steroid dienone is 1. The first-order valence-corrected chi connectivity index (χ1v) is 16.8. The van der Waals surface area contributed by atoms with Gasteiger partial charge in [0, 0.05) is 42.0 Å². The summed E-state index contributed by atoms with van der Waals surface area (Å²) in [6, 6.07) is 17.9. The first kappa shape index (κ1) is 29.2. The number of amides is 1. The van der Waals surface area contributed by atoms with Crippen LogP contribution in [0.1, 0.15) is 52.9 Å². The van der Waals surface area contributed by atoms with Crippen LogP contribution in [0.15, 0.2) is 72.9 Å². The normalized spacial score (nSPS) is 14.7. The summed E-state index contributed by atoms with van der Waals surface area (Å²) >= 11 is 1.47. The van der Waals surface area contributed by atoms with Crippen molar-refractivity contribution in [3.05, 3.63) is 95.3 Å². The van der Waals surface area contributed by atoms with E-state index in [0.29, 0.717) is 28.8 Å². The summed E-state index contributed by atoms with van der Waals surface area (Å²) in [5.41, 5.74) is 8.67. The number of fused-ring (bicyclic) bond motifs is 2. The predicted octanol–water partition coefficient (Wildman–Crippen LogP) is 6.60. The second-order valence-corrected chi connectivity index (χ2v) is 13.4. The fourth-order valence-electron chi connectivity index (χ4n) is 6.78. The number of hydrogen-bond donors (Lipinski definition) is 2. The van der Waals surface area contributed by atoms with Crippen LogP contribution in [0.25, 0.3) is 32.9 Å². The Morgan fingerprint density at radius 3 is 2.81 bits per heavy atom. The maximum absolute atomic E-state index is 13.6. The van der Waals surface area contributed by atoms with Crippen molar-refractivity contribution >= 4 is 38.4 Å². The van der Waals surface area contributed by atoms with E-state index in [-0.39, 0.29) is 5.91 Å². The lowest BCUT2D eigenvalue weighted by Crippen LogP contribution is -2.33. The van der Waals surface area contributed by atoms with Crippen LogP contribution >= 0.6 is 11.3 Å². The van der Waals surface area contributed by atoms with E-state index in [9.17, 15) is 4.79 Å². The smallest absolute Gasteiger partial charge is 0.257 e. The van der Waals surface area contributed by atoms with Crippen molar-refractivity contribution in [1.29, 1.82) is 0 Å². The second kappa shape index (κ2) is 12.2. The Morgan fingerprint density at radius 2 is 1.98 bits per heavy atom. The zero-order valence-corrected chi connectivity index (χ0v) is 26.9. The Kier molecular flexibility index (Phi) is 7.56. The molecule has 2 N–H and O–H groups in total. The number of nitrogens with one attached hydrogen (secondary N) is 2. The van der Waals surface area contributed by atoms with E-state index in [1.807, 2.05) is 48.7 Å². The molecule has 2 aromatic carbocycles. The van der Waals surface area contributed by atoms with Crippen LogP contribution in [0, 0.1) is 12.8 Å². The van der Waals surface area contributed by atoms with E-state index < -0.39 is 0 Å². The monoisotopic (exact) mass is 642 g/mol. The van der Waals surface area contributed by atoms with Crippen LogP contribution in [0.3, 0.4) is 0 Å². The van der Waals surface area contributed by atoms with Crippen molar-refractivity contribution in [2.75, 3.05) is 16.8 Å². The van der Waals surface area contributed by atoms with Gasteiger partial charge in [-0.25, -0.2) is 9.97 Å². The highest BCUT2D eigenvalue weighted by molar-refractivity contribution is 7.22. The van der Waals surface area contributed by atoms with E-state index >= 15 is 0 Å². The zero-order valence-electron chi connectivity index (χ0n) is 26.1. The molecule has 8 rings (SSSR count). The fourth-order valence-corrected chi connectivity index (χ4v) is 7.64. The van der Waals surface area contributed by atoms with Crippen molar-refractivity contribution < 1.29 is 4.79 Å². The number of benzene rings is 2. The maximum atomic E-state index is 13.6. The molecule has 236 valence electrons. The summed E-state index contributed by atoms with van der Waals surface area (Å²) in [5.74, 6) is 1.81. The number of pyridine rings is 1. The first-order chi connectivity index (χ1) is 23.0. The third-order valence-electron chi connectivity index (χ3n) is 9.32. The molecule has 12 heteroatoms. The largest absolute Gasteiger partial charge is 0.352 e. The van der Waals surface area contributed by atoms with Gasteiger partial charge >= 0.3 is 0 Å². The van der Waals surface area contributed by atoms with E-state index in [1.165, 1.54) is 28.9 Å². The minimum absolute atomic E-state index is 0.163. The number of nitrogens with zero attached hydrogens (tertiary/aromatic N) is 8. The molecule has 47 heavy (non-hydrogen) atoms. The van der Waals surface area contributed by atoms with Gasteiger partial charge in [0.15, 0.2) is 5.13 Å². The summed E-state index contributed by atoms with van der Waals surface area (Å²) in [5, 5.41) is 23.3. The summed E-state index contributed by atoms with van der Waals surface area (Å²) < 4.78 is 3.12. The molecule has 1 fully saturated rings. The number of carbonyl (C=O) groups is 1. The van der Waals surface area contributed by atoms with Gasteiger partial charge in [-0.05, 0) is 91.6 Å². The summed E-state index contributed by atoms with van der Waals surface area (Å²) in [7, 11) is 0. The molecule has 4 aromatic heterocycles. The molecule has 0 radical (unpaired) electrons. The molecule has 5 heterocycles. The van der Waals surface area contributed by atoms with Gasteiger partial charge in [-0.3, -0.25) is 14.8 Å². The molecule has 11 nitrogen and oxygen atoms in total. The molecule has 1 saturated carbocycles. The molecule has 0 unspecified atom stereocenters. The lowest BCUT2D eigenvalue weighted by molar-refractivity contribution is 0.102. The number of hydrogen-bond acceptors (Lipinski definition) is 9. The van der Waals surface area contributed by atoms with Crippen molar-refractivity contribution in [3.8, 4) is 22.6 Å². The highest BCUT2D eigenvalue weighted by Crippen LogP contribution is 2.36. The molecule has 6 aromatic rings. The van der Waals surface area contributed by atoms with Gasteiger partial charge < -0.3 is 4.90 Å². The van der Waals surface area contributed by atoms with Gasteiger partial charge in [0.2, 0.25) is 5.82 Å². The van der Waals surface area contributed by atoms with Crippen LogP contribution in [-0.4, -0.2) is 52.8 Å². The van der Waals surface area contributed by atoms with Crippen molar-refractivity contribution in [2.45, 2.75) is 52.1 Å². The molecule has 0 bridgehead atoms. The summed E-state index contributed by atoms with van der Waals surface area (Å²) in [6.07, 6.45) is 7.31. The topological polar surface area (TPSA) is 130 Å². The number of thiazole rings is 1. The highest BCUT2D eigenvalue weighted by Gasteiger charge is 2.26. The average Bonchev–Trinajstić information content (AvgIpc) is 3.84. The quantitative estimate of drug-likeness (QED) is 0.169. The Balaban J connectivity index is 1.05. The SMILES string of the molecule is C=C1CC(CCCn2ncc(-c3ccc(N4CCc5cccc(C(=O)Nc6nc7ccccc7s6)c5C4)nc3-c3nn[nH]n3)c2C)C1.